The largest absolute Gasteiger partial charge is 0.507 e. The van der Waals surface area contributed by atoms with Gasteiger partial charge in [0.05, 0.1) is 20.6 Å². The van der Waals surface area contributed by atoms with Crippen LogP contribution in [-0.4, -0.2) is 30.2 Å². The summed E-state index contributed by atoms with van der Waals surface area (Å²) in [5.41, 5.74) is 5.69. The van der Waals surface area contributed by atoms with Gasteiger partial charge in [0.25, 0.3) is 0 Å². The van der Waals surface area contributed by atoms with Crippen molar-refractivity contribution in [2.24, 2.45) is 0 Å². The summed E-state index contributed by atoms with van der Waals surface area (Å²) in [6.45, 7) is 10.2. The molecule has 38 heavy (non-hydrogen) atoms. The van der Waals surface area contributed by atoms with E-state index in [0.717, 1.165) is 18.4 Å². The van der Waals surface area contributed by atoms with Crippen molar-refractivity contribution in [2.45, 2.75) is 72.8 Å². The Bertz CT molecular complexity index is 1270. The van der Waals surface area contributed by atoms with Crippen LogP contribution in [0.3, 0.4) is 0 Å². The Balaban J connectivity index is 1.99. The minimum atomic E-state index is -0.631. The van der Waals surface area contributed by atoms with Crippen LogP contribution in [0.25, 0.3) is 0 Å². The van der Waals surface area contributed by atoms with Gasteiger partial charge < -0.3 is 24.4 Å². The molecule has 2 aromatic carbocycles. The zero-order chi connectivity index (χ0) is 28.0. The maximum atomic E-state index is 13.3. The maximum Gasteiger partial charge on any atom is 0.174 e. The molecule has 1 aliphatic rings. The summed E-state index contributed by atoms with van der Waals surface area (Å²) in [5.74, 6) is 0.816. The number of benzene rings is 2. The second kappa shape index (κ2) is 12.7. The number of ether oxygens (including phenoxy) is 3. The summed E-state index contributed by atoms with van der Waals surface area (Å²) in [6.07, 6.45) is 8.48. The summed E-state index contributed by atoms with van der Waals surface area (Å²) in [5, 5.41) is 22.0. The predicted octanol–water partition coefficient (Wildman–Crippen LogP) is 7.57. The maximum absolute atomic E-state index is 13.3. The molecule has 0 fully saturated rings. The van der Waals surface area contributed by atoms with Crippen molar-refractivity contribution >= 4 is 5.78 Å². The zero-order valence-corrected chi connectivity index (χ0v) is 23.6. The third-order valence-electron chi connectivity index (χ3n) is 6.78. The molecule has 0 radical (unpaired) electrons. The highest BCUT2D eigenvalue weighted by molar-refractivity contribution is 6.03. The molecule has 0 amide bonds. The van der Waals surface area contributed by atoms with Crippen LogP contribution in [0.15, 0.2) is 53.1 Å². The average molecular weight is 521 g/mol. The smallest absolute Gasteiger partial charge is 0.174 e. The van der Waals surface area contributed by atoms with Crippen LogP contribution in [0.5, 0.6) is 28.7 Å². The Hall–Kier alpha value is -3.67. The fourth-order valence-corrected chi connectivity index (χ4v) is 4.63. The minimum Gasteiger partial charge on any atom is -0.507 e. The molecule has 1 aliphatic heterocycles. The Morgan fingerprint density at radius 2 is 1.58 bits per heavy atom. The first-order chi connectivity index (χ1) is 18.1. The van der Waals surface area contributed by atoms with E-state index in [4.69, 9.17) is 14.2 Å². The van der Waals surface area contributed by atoms with E-state index in [1.807, 2.05) is 26.0 Å². The number of rotatable bonds is 10. The van der Waals surface area contributed by atoms with E-state index in [2.05, 4.69) is 32.9 Å². The standard InChI is InChI=1S/C32H40O6/c1-19(2)9-8-10-21(5)12-14-23-22(15-16-26(36-6)31(23)34)28-17-25(33)30-29(38-28)18-27(37-7)24(32(30)35)13-11-20(3)4/h9,11-12,15-16,18,28,34-35H,8,10,13-14,17H2,1-7H3/b21-12+/t28-/m0/s1. The van der Waals surface area contributed by atoms with Crippen LogP contribution in [-0.2, 0) is 12.8 Å². The summed E-state index contributed by atoms with van der Waals surface area (Å²) < 4.78 is 17.2. The summed E-state index contributed by atoms with van der Waals surface area (Å²) in [7, 11) is 3.04. The summed E-state index contributed by atoms with van der Waals surface area (Å²) in [4.78, 5) is 13.3. The molecule has 6 heteroatoms. The van der Waals surface area contributed by atoms with Crippen molar-refractivity contribution in [2.75, 3.05) is 14.2 Å². The van der Waals surface area contributed by atoms with E-state index in [1.54, 1.807) is 12.1 Å². The van der Waals surface area contributed by atoms with Crippen LogP contribution < -0.4 is 14.2 Å². The number of fused-ring (bicyclic) bond motifs is 1. The van der Waals surface area contributed by atoms with Gasteiger partial charge in [-0.15, -0.1) is 0 Å². The molecule has 6 nitrogen and oxygen atoms in total. The lowest BCUT2D eigenvalue weighted by molar-refractivity contribution is 0.0843. The number of phenols is 2. The van der Waals surface area contributed by atoms with Gasteiger partial charge in [-0.05, 0) is 66.4 Å². The molecule has 1 heterocycles. The predicted molar refractivity (Wildman–Crippen MR) is 151 cm³/mol. The van der Waals surface area contributed by atoms with E-state index in [1.165, 1.54) is 25.4 Å². The zero-order valence-electron chi connectivity index (χ0n) is 23.6. The molecule has 2 N–H and O–H groups in total. The number of phenolic OH excluding ortho intramolecular Hbond substituents is 2. The molecule has 0 aromatic heterocycles. The SMILES string of the molecule is COc1ccc([C@@H]2CC(=O)c3c(cc(OC)c(CC=C(C)C)c3O)O2)c(C/C=C(\C)CCC=C(C)C)c1O. The second-order valence-electron chi connectivity index (χ2n) is 10.3. The number of carbonyl (C=O) groups is 1. The highest BCUT2D eigenvalue weighted by atomic mass is 16.5. The van der Waals surface area contributed by atoms with Gasteiger partial charge in [-0.2, -0.15) is 0 Å². The van der Waals surface area contributed by atoms with E-state index in [9.17, 15) is 15.0 Å². The molecule has 0 saturated carbocycles. The van der Waals surface area contributed by atoms with Gasteiger partial charge in [0, 0.05) is 22.8 Å². The first kappa shape index (κ1) is 28.9. The average Bonchev–Trinajstić information content (AvgIpc) is 2.86. The van der Waals surface area contributed by atoms with E-state index in [0.29, 0.717) is 41.0 Å². The van der Waals surface area contributed by atoms with Crippen LogP contribution in [0.4, 0.5) is 0 Å². The monoisotopic (exact) mass is 520 g/mol. The Morgan fingerprint density at radius 3 is 2.21 bits per heavy atom. The first-order valence-corrected chi connectivity index (χ1v) is 13.0. The molecule has 0 aliphatic carbocycles. The highest BCUT2D eigenvalue weighted by Gasteiger charge is 2.34. The number of hydrogen-bond acceptors (Lipinski definition) is 6. The first-order valence-electron chi connectivity index (χ1n) is 13.0. The Morgan fingerprint density at radius 1 is 0.921 bits per heavy atom. The van der Waals surface area contributed by atoms with Crippen LogP contribution in [0.2, 0.25) is 0 Å². The van der Waals surface area contributed by atoms with Gasteiger partial charge in [-0.25, -0.2) is 0 Å². The molecular formula is C32H40O6. The van der Waals surface area contributed by atoms with Crippen LogP contribution in [0, 0.1) is 0 Å². The molecule has 1 atom stereocenters. The van der Waals surface area contributed by atoms with Gasteiger partial charge in [-0.1, -0.05) is 41.0 Å². The van der Waals surface area contributed by atoms with Gasteiger partial charge in [0.1, 0.15) is 28.9 Å². The minimum absolute atomic E-state index is 0.0387. The van der Waals surface area contributed by atoms with Crippen molar-refractivity contribution in [1.82, 2.24) is 0 Å². The van der Waals surface area contributed by atoms with E-state index in [-0.39, 0.29) is 35.0 Å². The lowest BCUT2D eigenvalue weighted by Gasteiger charge is -2.29. The Labute approximate surface area is 226 Å². The molecular weight excluding hydrogens is 480 g/mol. The van der Waals surface area contributed by atoms with Crippen LogP contribution in [0.1, 0.15) is 87.0 Å². The number of methoxy groups -OCH3 is 2. The molecule has 204 valence electrons. The molecule has 0 spiro atoms. The quantitative estimate of drug-likeness (QED) is 0.314. The van der Waals surface area contributed by atoms with Crippen molar-refractivity contribution in [3.63, 3.8) is 0 Å². The van der Waals surface area contributed by atoms with E-state index < -0.39 is 6.10 Å². The van der Waals surface area contributed by atoms with Crippen molar-refractivity contribution in [1.29, 1.82) is 0 Å². The molecule has 2 aromatic rings. The molecule has 0 saturated heterocycles. The van der Waals surface area contributed by atoms with Crippen LogP contribution >= 0.6 is 0 Å². The number of allylic oxidation sites excluding steroid dienone is 6. The number of Topliss-reactive ketones (excluding diaryl/α,β-unsaturated/α-hetero) is 1. The van der Waals surface area contributed by atoms with Crippen molar-refractivity contribution in [3.8, 4) is 28.7 Å². The lowest BCUT2D eigenvalue weighted by atomic mass is 9.89. The lowest BCUT2D eigenvalue weighted by Crippen LogP contribution is -2.22. The molecule has 0 unspecified atom stereocenters. The number of aromatic hydroxyl groups is 2. The second-order valence-corrected chi connectivity index (χ2v) is 10.3. The molecule has 3 rings (SSSR count). The number of carbonyl (C=O) groups excluding carboxylic acids is 1. The van der Waals surface area contributed by atoms with Gasteiger partial charge >= 0.3 is 0 Å². The number of ketones is 1. The molecule has 0 bridgehead atoms. The topological polar surface area (TPSA) is 85.2 Å². The van der Waals surface area contributed by atoms with Crippen molar-refractivity contribution in [3.05, 3.63) is 75.4 Å². The fourth-order valence-electron chi connectivity index (χ4n) is 4.63. The van der Waals surface area contributed by atoms with Gasteiger partial charge in [0.2, 0.25) is 0 Å². The van der Waals surface area contributed by atoms with Gasteiger partial charge in [-0.3, -0.25) is 4.79 Å². The Kier molecular flexibility index (Phi) is 9.67. The van der Waals surface area contributed by atoms with E-state index >= 15 is 0 Å². The number of hydrogen-bond donors (Lipinski definition) is 2. The third kappa shape index (κ3) is 6.60. The third-order valence-corrected chi connectivity index (χ3v) is 6.78. The van der Waals surface area contributed by atoms with Crippen molar-refractivity contribution < 1.29 is 29.2 Å². The fraction of sp³-hybridized carbons (Fsp3) is 0.406. The van der Waals surface area contributed by atoms with Gasteiger partial charge in [0.15, 0.2) is 17.3 Å². The summed E-state index contributed by atoms with van der Waals surface area (Å²) >= 11 is 0. The normalized spacial score (nSPS) is 14.9. The highest BCUT2D eigenvalue weighted by Crippen LogP contribution is 2.47. The summed E-state index contributed by atoms with van der Waals surface area (Å²) in [6, 6.07) is 5.19.